The summed E-state index contributed by atoms with van der Waals surface area (Å²) in [6, 6.07) is 9.45. The first-order valence-electron chi connectivity index (χ1n) is 4.07. The Morgan fingerprint density at radius 1 is 1.43 bits per heavy atom. The monoisotopic (exact) mass is 320 g/mol. The third kappa shape index (κ3) is 2.36. The summed E-state index contributed by atoms with van der Waals surface area (Å²) < 4.78 is -0.992. The molecule has 0 bridgehead atoms. The molecular weight excluding hydrogens is 312 g/mol. The molecule has 0 aliphatic rings. The van der Waals surface area contributed by atoms with Crippen molar-refractivity contribution in [1.29, 1.82) is 0 Å². The molecule has 14 heavy (non-hydrogen) atoms. The van der Waals surface area contributed by atoms with E-state index < -0.39 is 10.3 Å². The molecule has 0 spiro atoms. The Balaban J connectivity index is 2.96. The Bertz CT molecular complexity index is 322. The third-order valence-electron chi connectivity index (χ3n) is 1.99. The van der Waals surface area contributed by atoms with Gasteiger partial charge < -0.3 is 5.11 Å². The molecule has 1 aromatic carbocycles. The van der Waals surface area contributed by atoms with Gasteiger partial charge in [-0.05, 0) is 12.5 Å². The van der Waals surface area contributed by atoms with Gasteiger partial charge in [-0.1, -0.05) is 62.2 Å². The highest BCUT2D eigenvalue weighted by atomic mass is 79.9. The molecule has 0 saturated heterocycles. The molecule has 0 heterocycles. The van der Waals surface area contributed by atoms with Crippen LogP contribution >= 0.6 is 31.9 Å². The topological polar surface area (TPSA) is 37.3 Å². The van der Waals surface area contributed by atoms with E-state index in [1.165, 1.54) is 0 Å². The van der Waals surface area contributed by atoms with Crippen molar-refractivity contribution < 1.29 is 9.90 Å². The van der Waals surface area contributed by atoms with Crippen molar-refractivity contribution in [3.05, 3.63) is 35.9 Å². The first kappa shape index (κ1) is 11.7. The first-order chi connectivity index (χ1) is 6.46. The zero-order valence-corrected chi connectivity index (χ0v) is 10.7. The van der Waals surface area contributed by atoms with Crippen molar-refractivity contribution in [3.8, 4) is 0 Å². The lowest BCUT2D eigenvalue weighted by Gasteiger charge is -2.23. The number of aliphatic carboxylic acids is 1. The molecule has 0 saturated carbocycles. The van der Waals surface area contributed by atoms with Crippen LogP contribution in [0.3, 0.4) is 0 Å². The van der Waals surface area contributed by atoms with Gasteiger partial charge in [0.15, 0.2) is 0 Å². The van der Waals surface area contributed by atoms with Gasteiger partial charge in [0, 0.05) is 0 Å². The minimum atomic E-state index is -0.992. The van der Waals surface area contributed by atoms with Crippen LogP contribution in [0.25, 0.3) is 0 Å². The SMILES string of the molecule is C[C@@](Br)(C(=O)O)[C@@H](Br)c1ccccc1. The number of halogens is 2. The molecule has 0 aliphatic carbocycles. The standard InChI is InChI=1S/C10H10Br2O2/c1-10(12,9(13)14)8(11)7-5-3-2-4-6-7/h2-6,8H,1H3,(H,13,14)/t8-,10-/m0/s1. The highest BCUT2D eigenvalue weighted by molar-refractivity contribution is 9.12. The van der Waals surface area contributed by atoms with E-state index in [-0.39, 0.29) is 4.83 Å². The Hall–Kier alpha value is -0.350. The fourth-order valence-electron chi connectivity index (χ4n) is 1.04. The third-order valence-corrected chi connectivity index (χ3v) is 4.84. The predicted octanol–water partition coefficient (Wildman–Crippen LogP) is 3.36. The molecule has 0 amide bonds. The Morgan fingerprint density at radius 3 is 2.36 bits per heavy atom. The van der Waals surface area contributed by atoms with Crippen LogP contribution in [0.1, 0.15) is 17.3 Å². The van der Waals surface area contributed by atoms with Crippen LogP contribution in [-0.2, 0) is 4.79 Å². The molecule has 0 unspecified atom stereocenters. The van der Waals surface area contributed by atoms with E-state index in [0.29, 0.717) is 0 Å². The maximum Gasteiger partial charge on any atom is 0.321 e. The molecule has 76 valence electrons. The maximum atomic E-state index is 11.0. The predicted molar refractivity (Wildman–Crippen MR) is 63.1 cm³/mol. The number of rotatable bonds is 3. The van der Waals surface area contributed by atoms with Gasteiger partial charge in [-0.15, -0.1) is 0 Å². The van der Waals surface area contributed by atoms with Crippen LogP contribution in [0.2, 0.25) is 0 Å². The van der Waals surface area contributed by atoms with Crippen LogP contribution < -0.4 is 0 Å². The smallest absolute Gasteiger partial charge is 0.321 e. The number of carboxylic acid groups (broad SMARTS) is 1. The van der Waals surface area contributed by atoms with Gasteiger partial charge >= 0.3 is 5.97 Å². The summed E-state index contributed by atoms with van der Waals surface area (Å²) in [5.41, 5.74) is 0.939. The lowest BCUT2D eigenvalue weighted by atomic mass is 10.0. The van der Waals surface area contributed by atoms with Gasteiger partial charge in [-0.3, -0.25) is 4.79 Å². The van der Waals surface area contributed by atoms with E-state index in [1.807, 2.05) is 30.3 Å². The van der Waals surface area contributed by atoms with Gasteiger partial charge in [-0.25, -0.2) is 0 Å². The molecule has 0 radical (unpaired) electrons. The minimum Gasteiger partial charge on any atom is -0.480 e. The fourth-order valence-corrected chi connectivity index (χ4v) is 1.81. The Morgan fingerprint density at radius 2 is 1.93 bits per heavy atom. The fraction of sp³-hybridized carbons (Fsp3) is 0.300. The van der Waals surface area contributed by atoms with Crippen molar-refractivity contribution in [1.82, 2.24) is 0 Å². The molecule has 1 N–H and O–H groups in total. The molecular formula is C10H10Br2O2. The lowest BCUT2D eigenvalue weighted by Crippen LogP contribution is -2.32. The van der Waals surface area contributed by atoms with Crippen molar-refractivity contribution in [3.63, 3.8) is 0 Å². The molecule has 0 aromatic heterocycles. The molecule has 4 heteroatoms. The number of carboxylic acids is 1. The van der Waals surface area contributed by atoms with E-state index in [9.17, 15) is 4.79 Å². The zero-order chi connectivity index (χ0) is 10.8. The number of alkyl halides is 2. The zero-order valence-electron chi connectivity index (χ0n) is 7.58. The van der Waals surface area contributed by atoms with Crippen LogP contribution in [0.15, 0.2) is 30.3 Å². The second-order valence-corrected chi connectivity index (χ2v) is 5.72. The van der Waals surface area contributed by atoms with Gasteiger partial charge in [0.25, 0.3) is 0 Å². The van der Waals surface area contributed by atoms with E-state index in [1.54, 1.807) is 6.92 Å². The van der Waals surface area contributed by atoms with Gasteiger partial charge in [0.2, 0.25) is 0 Å². The van der Waals surface area contributed by atoms with Crippen molar-refractivity contribution in [2.75, 3.05) is 0 Å². The van der Waals surface area contributed by atoms with Crippen LogP contribution in [0, 0.1) is 0 Å². The molecule has 1 rings (SSSR count). The van der Waals surface area contributed by atoms with Gasteiger partial charge in [-0.2, -0.15) is 0 Å². The molecule has 2 nitrogen and oxygen atoms in total. The highest BCUT2D eigenvalue weighted by Crippen LogP contribution is 2.40. The second-order valence-electron chi connectivity index (χ2n) is 3.15. The van der Waals surface area contributed by atoms with E-state index >= 15 is 0 Å². The van der Waals surface area contributed by atoms with Crippen LogP contribution in [0.5, 0.6) is 0 Å². The van der Waals surface area contributed by atoms with E-state index in [4.69, 9.17) is 5.11 Å². The summed E-state index contributed by atoms with van der Waals surface area (Å²) in [5.74, 6) is -0.886. The van der Waals surface area contributed by atoms with Crippen molar-refractivity contribution >= 4 is 37.8 Å². The minimum absolute atomic E-state index is 0.256. The van der Waals surface area contributed by atoms with Crippen molar-refractivity contribution in [2.24, 2.45) is 0 Å². The quantitative estimate of drug-likeness (QED) is 0.867. The van der Waals surface area contributed by atoms with Crippen molar-refractivity contribution in [2.45, 2.75) is 16.1 Å². The van der Waals surface area contributed by atoms with Gasteiger partial charge in [0.05, 0.1) is 4.83 Å². The Kier molecular flexibility index (Phi) is 3.72. The molecule has 1 aromatic rings. The highest BCUT2D eigenvalue weighted by Gasteiger charge is 2.38. The Labute approximate surface area is 99.6 Å². The van der Waals surface area contributed by atoms with Gasteiger partial charge in [0.1, 0.15) is 4.32 Å². The summed E-state index contributed by atoms with van der Waals surface area (Å²) in [5, 5.41) is 9.00. The summed E-state index contributed by atoms with van der Waals surface area (Å²) in [7, 11) is 0. The lowest BCUT2D eigenvalue weighted by molar-refractivity contribution is -0.139. The van der Waals surface area contributed by atoms with E-state index in [0.717, 1.165) is 5.56 Å². The van der Waals surface area contributed by atoms with Crippen LogP contribution in [0.4, 0.5) is 0 Å². The largest absolute Gasteiger partial charge is 0.480 e. The number of hydrogen-bond acceptors (Lipinski definition) is 1. The second kappa shape index (κ2) is 4.45. The van der Waals surface area contributed by atoms with Crippen LogP contribution in [-0.4, -0.2) is 15.4 Å². The number of hydrogen-bond donors (Lipinski definition) is 1. The molecule has 0 fully saturated rings. The molecule has 2 atom stereocenters. The average Bonchev–Trinajstić information content (AvgIpc) is 2.17. The summed E-state index contributed by atoms with van der Waals surface area (Å²) in [6.07, 6.45) is 0. The molecule has 0 aliphatic heterocycles. The number of carbonyl (C=O) groups is 1. The summed E-state index contributed by atoms with van der Waals surface area (Å²) >= 11 is 6.58. The first-order valence-corrected chi connectivity index (χ1v) is 5.78. The van der Waals surface area contributed by atoms with E-state index in [2.05, 4.69) is 31.9 Å². The summed E-state index contributed by atoms with van der Waals surface area (Å²) in [6.45, 7) is 1.63. The maximum absolute atomic E-state index is 11.0. The average molecular weight is 322 g/mol. The summed E-state index contributed by atoms with van der Waals surface area (Å²) in [4.78, 5) is 10.7. The normalized spacial score (nSPS) is 17.1. The number of benzene rings is 1.